The van der Waals surface area contributed by atoms with Crippen LogP contribution in [0.25, 0.3) is 0 Å². The summed E-state index contributed by atoms with van der Waals surface area (Å²) in [6.45, 7) is 1.66. The van der Waals surface area contributed by atoms with Gasteiger partial charge in [-0.25, -0.2) is 0 Å². The summed E-state index contributed by atoms with van der Waals surface area (Å²) in [7, 11) is 1.64. The van der Waals surface area contributed by atoms with Gasteiger partial charge in [0.25, 0.3) is 0 Å². The molecule has 0 saturated heterocycles. The molecule has 1 aromatic rings. The Bertz CT molecular complexity index is 211. The molecular weight excluding hydrogens is 170 g/mol. The molecular formula is C9H15NO3. The molecule has 0 aliphatic rings. The quantitative estimate of drug-likeness (QED) is 0.670. The number of methoxy groups -OCH3 is 1. The summed E-state index contributed by atoms with van der Waals surface area (Å²) in [4.78, 5) is 0. The Kier molecular flexibility index (Phi) is 4.53. The molecule has 0 aliphatic heterocycles. The van der Waals surface area contributed by atoms with Gasteiger partial charge in [-0.05, 0) is 6.07 Å². The smallest absolute Gasteiger partial charge is 0.0951 e. The van der Waals surface area contributed by atoms with Gasteiger partial charge in [-0.15, -0.1) is 0 Å². The molecule has 0 fully saturated rings. The molecule has 1 heterocycles. The SMILES string of the molecule is COCCOCC(N)c1ccoc1. The molecule has 1 unspecified atom stereocenters. The molecule has 4 heteroatoms. The fraction of sp³-hybridized carbons (Fsp3) is 0.556. The second-order valence-electron chi connectivity index (χ2n) is 2.73. The van der Waals surface area contributed by atoms with Crippen LogP contribution in [0.3, 0.4) is 0 Å². The molecule has 0 spiro atoms. The highest BCUT2D eigenvalue weighted by atomic mass is 16.5. The highest BCUT2D eigenvalue weighted by Gasteiger charge is 2.06. The molecule has 0 bridgehead atoms. The Morgan fingerprint density at radius 1 is 1.54 bits per heavy atom. The average Bonchev–Trinajstić information content (AvgIpc) is 2.65. The van der Waals surface area contributed by atoms with Gasteiger partial charge < -0.3 is 19.6 Å². The Labute approximate surface area is 77.6 Å². The Morgan fingerprint density at radius 3 is 3.00 bits per heavy atom. The first kappa shape index (κ1) is 10.2. The third-order valence-electron chi connectivity index (χ3n) is 1.70. The Morgan fingerprint density at radius 2 is 2.38 bits per heavy atom. The van der Waals surface area contributed by atoms with Gasteiger partial charge in [0.2, 0.25) is 0 Å². The minimum Gasteiger partial charge on any atom is -0.472 e. The van der Waals surface area contributed by atoms with Crippen molar-refractivity contribution in [3.63, 3.8) is 0 Å². The lowest BCUT2D eigenvalue weighted by atomic mass is 10.2. The summed E-state index contributed by atoms with van der Waals surface area (Å²) < 4.78 is 15.0. The summed E-state index contributed by atoms with van der Waals surface area (Å²) in [5, 5.41) is 0. The minimum absolute atomic E-state index is 0.115. The van der Waals surface area contributed by atoms with Crippen molar-refractivity contribution in [2.24, 2.45) is 5.73 Å². The normalized spacial score (nSPS) is 13.1. The molecule has 0 radical (unpaired) electrons. The first-order valence-corrected chi connectivity index (χ1v) is 4.19. The van der Waals surface area contributed by atoms with Gasteiger partial charge in [-0.1, -0.05) is 0 Å². The van der Waals surface area contributed by atoms with Gasteiger partial charge in [-0.3, -0.25) is 0 Å². The van der Waals surface area contributed by atoms with Crippen molar-refractivity contribution in [2.45, 2.75) is 6.04 Å². The fourth-order valence-electron chi connectivity index (χ4n) is 0.935. The summed E-state index contributed by atoms with van der Waals surface area (Å²) in [6.07, 6.45) is 3.23. The van der Waals surface area contributed by atoms with Gasteiger partial charge in [0.05, 0.1) is 38.4 Å². The van der Waals surface area contributed by atoms with Crippen molar-refractivity contribution in [3.8, 4) is 0 Å². The molecule has 74 valence electrons. The molecule has 0 aliphatic carbocycles. The second-order valence-corrected chi connectivity index (χ2v) is 2.73. The van der Waals surface area contributed by atoms with E-state index in [0.29, 0.717) is 19.8 Å². The lowest BCUT2D eigenvalue weighted by Crippen LogP contribution is -2.17. The van der Waals surface area contributed by atoms with Crippen molar-refractivity contribution in [3.05, 3.63) is 24.2 Å². The van der Waals surface area contributed by atoms with E-state index in [0.717, 1.165) is 5.56 Å². The van der Waals surface area contributed by atoms with Gasteiger partial charge in [-0.2, -0.15) is 0 Å². The molecule has 4 nitrogen and oxygen atoms in total. The minimum atomic E-state index is -0.115. The van der Waals surface area contributed by atoms with E-state index in [2.05, 4.69) is 0 Å². The predicted octanol–water partition coefficient (Wildman–Crippen LogP) is 0.942. The zero-order valence-electron chi connectivity index (χ0n) is 7.73. The number of hydrogen-bond donors (Lipinski definition) is 1. The second kappa shape index (κ2) is 5.75. The van der Waals surface area contributed by atoms with Crippen LogP contribution < -0.4 is 5.73 Å². The van der Waals surface area contributed by atoms with Crippen LogP contribution in [0.1, 0.15) is 11.6 Å². The van der Waals surface area contributed by atoms with Crippen LogP contribution in [-0.2, 0) is 9.47 Å². The van der Waals surface area contributed by atoms with E-state index < -0.39 is 0 Å². The van der Waals surface area contributed by atoms with Gasteiger partial charge in [0, 0.05) is 12.7 Å². The van der Waals surface area contributed by atoms with Gasteiger partial charge >= 0.3 is 0 Å². The number of ether oxygens (including phenoxy) is 2. The van der Waals surface area contributed by atoms with Crippen LogP contribution >= 0.6 is 0 Å². The summed E-state index contributed by atoms with van der Waals surface area (Å²) in [6, 6.07) is 1.72. The maximum atomic E-state index is 5.80. The van der Waals surface area contributed by atoms with Crippen molar-refractivity contribution >= 4 is 0 Å². The van der Waals surface area contributed by atoms with E-state index in [-0.39, 0.29) is 6.04 Å². The van der Waals surface area contributed by atoms with Crippen molar-refractivity contribution in [1.82, 2.24) is 0 Å². The van der Waals surface area contributed by atoms with Crippen molar-refractivity contribution < 1.29 is 13.9 Å². The van der Waals surface area contributed by atoms with Crippen molar-refractivity contribution in [1.29, 1.82) is 0 Å². The van der Waals surface area contributed by atoms with Crippen LogP contribution in [0, 0.1) is 0 Å². The fourth-order valence-corrected chi connectivity index (χ4v) is 0.935. The Balaban J connectivity index is 2.15. The zero-order valence-corrected chi connectivity index (χ0v) is 7.73. The van der Waals surface area contributed by atoms with E-state index in [1.54, 1.807) is 19.6 Å². The lowest BCUT2D eigenvalue weighted by Gasteiger charge is -2.09. The van der Waals surface area contributed by atoms with E-state index in [1.165, 1.54) is 0 Å². The van der Waals surface area contributed by atoms with E-state index in [4.69, 9.17) is 19.6 Å². The van der Waals surface area contributed by atoms with Crippen LogP contribution in [0.2, 0.25) is 0 Å². The Hall–Kier alpha value is -0.840. The summed E-state index contributed by atoms with van der Waals surface area (Å²) in [5.74, 6) is 0. The van der Waals surface area contributed by atoms with Gasteiger partial charge in [0.15, 0.2) is 0 Å². The number of nitrogens with two attached hydrogens (primary N) is 1. The average molecular weight is 185 g/mol. The number of furan rings is 1. The lowest BCUT2D eigenvalue weighted by molar-refractivity contribution is 0.0635. The maximum absolute atomic E-state index is 5.80. The molecule has 0 aromatic carbocycles. The zero-order chi connectivity index (χ0) is 9.52. The van der Waals surface area contributed by atoms with Crippen molar-refractivity contribution in [2.75, 3.05) is 26.9 Å². The van der Waals surface area contributed by atoms with Crippen LogP contribution in [0.4, 0.5) is 0 Å². The molecule has 0 amide bonds. The summed E-state index contributed by atoms with van der Waals surface area (Å²) >= 11 is 0. The third-order valence-corrected chi connectivity index (χ3v) is 1.70. The largest absolute Gasteiger partial charge is 0.472 e. The highest BCUT2D eigenvalue weighted by molar-refractivity contribution is 5.10. The van der Waals surface area contributed by atoms with Gasteiger partial charge in [0.1, 0.15) is 0 Å². The molecule has 1 aromatic heterocycles. The molecule has 0 saturated carbocycles. The molecule has 1 atom stereocenters. The molecule has 13 heavy (non-hydrogen) atoms. The topological polar surface area (TPSA) is 57.6 Å². The van der Waals surface area contributed by atoms with E-state index in [1.807, 2.05) is 6.07 Å². The first-order valence-electron chi connectivity index (χ1n) is 4.19. The number of rotatable bonds is 6. The van der Waals surface area contributed by atoms with Crippen LogP contribution in [0.5, 0.6) is 0 Å². The van der Waals surface area contributed by atoms with E-state index >= 15 is 0 Å². The third kappa shape index (κ3) is 3.59. The monoisotopic (exact) mass is 185 g/mol. The highest BCUT2D eigenvalue weighted by Crippen LogP contribution is 2.10. The standard InChI is InChI=1S/C9H15NO3/c1-11-4-5-13-7-9(10)8-2-3-12-6-8/h2-3,6,9H,4-5,7,10H2,1H3. The van der Waals surface area contributed by atoms with Crippen LogP contribution in [0.15, 0.2) is 23.0 Å². The predicted molar refractivity (Wildman–Crippen MR) is 48.3 cm³/mol. The molecule has 1 rings (SSSR count). The van der Waals surface area contributed by atoms with Crippen LogP contribution in [-0.4, -0.2) is 26.9 Å². The summed E-state index contributed by atoms with van der Waals surface area (Å²) in [5.41, 5.74) is 6.75. The van der Waals surface area contributed by atoms with E-state index in [9.17, 15) is 0 Å². The number of hydrogen-bond acceptors (Lipinski definition) is 4. The maximum Gasteiger partial charge on any atom is 0.0951 e. The molecule has 2 N–H and O–H groups in total. The first-order chi connectivity index (χ1) is 6.34.